The largest absolute Gasteiger partial charge is 0.320 e. The van der Waals surface area contributed by atoms with Gasteiger partial charge in [0.25, 0.3) is 5.96 Å². The zero-order valence-corrected chi connectivity index (χ0v) is 11.0. The Balaban J connectivity index is 2.90. The minimum absolute atomic E-state index is 0.256. The van der Waals surface area contributed by atoms with E-state index in [1.54, 1.807) is 37.3 Å². The van der Waals surface area contributed by atoms with Crippen molar-refractivity contribution >= 4 is 35.4 Å². The molecular formula is C10H13Cl2N5. The van der Waals surface area contributed by atoms with Crippen molar-refractivity contribution in [3.05, 3.63) is 33.8 Å². The molecule has 7 heteroatoms. The highest BCUT2D eigenvalue weighted by Gasteiger charge is 2.03. The van der Waals surface area contributed by atoms with Crippen LogP contribution in [0.2, 0.25) is 10.0 Å². The maximum Gasteiger partial charge on any atom is 0.254 e. The average molecular weight is 274 g/mol. The van der Waals surface area contributed by atoms with Gasteiger partial charge >= 0.3 is 0 Å². The summed E-state index contributed by atoms with van der Waals surface area (Å²) >= 11 is 12.0. The van der Waals surface area contributed by atoms with Crippen molar-refractivity contribution < 1.29 is 0 Å². The SMILES string of the molecule is CN(C)NC(/N=C/c1c(Cl)cccc1Cl)=N/N. The number of nitrogens with two attached hydrogens (primary N) is 1. The van der Waals surface area contributed by atoms with E-state index in [9.17, 15) is 0 Å². The number of guanidine groups is 1. The third-order valence-electron chi connectivity index (χ3n) is 1.76. The van der Waals surface area contributed by atoms with Crippen LogP contribution in [0.25, 0.3) is 0 Å². The van der Waals surface area contributed by atoms with Gasteiger partial charge in [0.2, 0.25) is 0 Å². The van der Waals surface area contributed by atoms with Crippen LogP contribution in [0.15, 0.2) is 28.3 Å². The number of hydrazone groups is 1. The first-order chi connectivity index (χ1) is 8.04. The third kappa shape index (κ3) is 4.22. The van der Waals surface area contributed by atoms with Crippen LogP contribution in [0, 0.1) is 0 Å². The van der Waals surface area contributed by atoms with Crippen LogP contribution in [-0.4, -0.2) is 31.3 Å². The number of hydrogen-bond acceptors (Lipinski definition) is 3. The van der Waals surface area contributed by atoms with Crippen molar-refractivity contribution in [2.75, 3.05) is 14.1 Å². The molecule has 0 atom stereocenters. The van der Waals surface area contributed by atoms with Crippen molar-refractivity contribution in [2.24, 2.45) is 15.9 Å². The molecule has 3 N–H and O–H groups in total. The van der Waals surface area contributed by atoms with Gasteiger partial charge < -0.3 is 5.84 Å². The van der Waals surface area contributed by atoms with Crippen LogP contribution in [0.4, 0.5) is 0 Å². The lowest BCUT2D eigenvalue weighted by Gasteiger charge is -2.11. The van der Waals surface area contributed by atoms with E-state index in [-0.39, 0.29) is 5.96 Å². The van der Waals surface area contributed by atoms with Crippen molar-refractivity contribution in [2.45, 2.75) is 0 Å². The molecule has 1 rings (SSSR count). The second-order valence-corrected chi connectivity index (χ2v) is 4.17. The summed E-state index contributed by atoms with van der Waals surface area (Å²) < 4.78 is 0. The lowest BCUT2D eigenvalue weighted by molar-refractivity contribution is 0.360. The van der Waals surface area contributed by atoms with E-state index in [1.807, 2.05) is 0 Å². The maximum atomic E-state index is 5.98. The quantitative estimate of drug-likeness (QED) is 0.373. The lowest BCUT2D eigenvalue weighted by atomic mass is 10.2. The molecule has 0 aromatic heterocycles. The number of aliphatic imine (C=N–C) groups is 1. The molecule has 1 aromatic carbocycles. The molecule has 0 bridgehead atoms. The maximum absolute atomic E-state index is 5.98. The molecule has 0 unspecified atom stereocenters. The lowest BCUT2D eigenvalue weighted by Crippen LogP contribution is -2.35. The molecule has 0 aliphatic rings. The Hall–Kier alpha value is -1.30. The Morgan fingerprint density at radius 1 is 1.35 bits per heavy atom. The molecular weight excluding hydrogens is 261 g/mol. The molecule has 0 fully saturated rings. The zero-order valence-electron chi connectivity index (χ0n) is 9.48. The summed E-state index contributed by atoms with van der Waals surface area (Å²) in [4.78, 5) is 4.05. The summed E-state index contributed by atoms with van der Waals surface area (Å²) in [6.45, 7) is 0. The third-order valence-corrected chi connectivity index (χ3v) is 2.42. The molecule has 0 aliphatic carbocycles. The summed E-state index contributed by atoms with van der Waals surface area (Å²) in [6.07, 6.45) is 1.51. The topological polar surface area (TPSA) is 66.0 Å². The van der Waals surface area contributed by atoms with Gasteiger partial charge in [0.15, 0.2) is 0 Å². The smallest absolute Gasteiger partial charge is 0.254 e. The molecule has 0 saturated heterocycles. The van der Waals surface area contributed by atoms with Gasteiger partial charge in [-0.3, -0.25) is 5.43 Å². The molecule has 0 spiro atoms. The van der Waals surface area contributed by atoms with Crippen LogP contribution >= 0.6 is 23.2 Å². The predicted molar refractivity (Wildman–Crippen MR) is 72.5 cm³/mol. The highest BCUT2D eigenvalue weighted by atomic mass is 35.5. The highest BCUT2D eigenvalue weighted by Crippen LogP contribution is 2.22. The van der Waals surface area contributed by atoms with Crippen LogP contribution in [-0.2, 0) is 0 Å². The minimum atomic E-state index is 0.256. The summed E-state index contributed by atoms with van der Waals surface area (Å²) in [5.41, 5.74) is 3.44. The molecule has 0 radical (unpaired) electrons. The van der Waals surface area contributed by atoms with Gasteiger partial charge in [-0.05, 0) is 12.1 Å². The zero-order chi connectivity index (χ0) is 12.8. The van der Waals surface area contributed by atoms with Gasteiger partial charge in [-0.2, -0.15) is 0 Å². The van der Waals surface area contributed by atoms with E-state index in [2.05, 4.69) is 15.5 Å². The first kappa shape index (κ1) is 13.8. The average Bonchev–Trinajstić information content (AvgIpc) is 2.26. The molecule has 0 heterocycles. The van der Waals surface area contributed by atoms with Crippen LogP contribution in [0.3, 0.4) is 0 Å². The Kier molecular flexibility index (Phi) is 5.21. The number of nitrogens with one attached hydrogen (secondary N) is 1. The van der Waals surface area contributed by atoms with Gasteiger partial charge in [-0.1, -0.05) is 29.3 Å². The second-order valence-electron chi connectivity index (χ2n) is 3.35. The van der Waals surface area contributed by atoms with Gasteiger partial charge in [0.1, 0.15) is 0 Å². The molecule has 0 saturated carbocycles. The minimum Gasteiger partial charge on any atom is -0.320 e. The van der Waals surface area contributed by atoms with E-state index in [0.29, 0.717) is 15.6 Å². The molecule has 1 aromatic rings. The van der Waals surface area contributed by atoms with E-state index < -0.39 is 0 Å². The van der Waals surface area contributed by atoms with Crippen molar-refractivity contribution in [3.63, 3.8) is 0 Å². The standard InChI is InChI=1S/C10H13Cl2N5/c1-17(2)16-10(15-13)14-6-7-8(11)4-3-5-9(7)12/h3-6H,13H2,1-2H3,(H,15,16)/b14-6+. The fourth-order valence-electron chi connectivity index (χ4n) is 1.05. The van der Waals surface area contributed by atoms with Crippen LogP contribution in [0.1, 0.15) is 5.56 Å². The Bertz CT molecular complexity index is 422. The van der Waals surface area contributed by atoms with Gasteiger partial charge in [0, 0.05) is 25.9 Å². The molecule has 0 amide bonds. The van der Waals surface area contributed by atoms with Crippen molar-refractivity contribution in [1.82, 2.24) is 10.4 Å². The summed E-state index contributed by atoms with van der Waals surface area (Å²) in [5.74, 6) is 5.44. The van der Waals surface area contributed by atoms with E-state index in [0.717, 1.165) is 0 Å². The highest BCUT2D eigenvalue weighted by molar-refractivity contribution is 6.38. The number of hydrogen-bond donors (Lipinski definition) is 2. The number of nitrogens with zero attached hydrogens (tertiary/aromatic N) is 3. The fourth-order valence-corrected chi connectivity index (χ4v) is 1.55. The predicted octanol–water partition coefficient (Wildman–Crippen LogP) is 1.71. The van der Waals surface area contributed by atoms with Gasteiger partial charge in [-0.25, -0.2) is 10.0 Å². The first-order valence-electron chi connectivity index (χ1n) is 4.74. The second kappa shape index (κ2) is 6.44. The first-order valence-corrected chi connectivity index (χ1v) is 5.50. The Morgan fingerprint density at radius 3 is 2.41 bits per heavy atom. The molecule has 0 aliphatic heterocycles. The van der Waals surface area contributed by atoms with Crippen LogP contribution in [0.5, 0.6) is 0 Å². The molecule has 17 heavy (non-hydrogen) atoms. The monoisotopic (exact) mass is 273 g/mol. The Labute approximate surface area is 110 Å². The van der Waals surface area contributed by atoms with E-state index >= 15 is 0 Å². The van der Waals surface area contributed by atoms with Gasteiger partial charge in [0.05, 0.1) is 10.0 Å². The van der Waals surface area contributed by atoms with E-state index in [4.69, 9.17) is 29.0 Å². The fraction of sp³-hybridized carbons (Fsp3) is 0.200. The number of benzene rings is 1. The summed E-state index contributed by atoms with van der Waals surface area (Å²) in [5, 5.41) is 6.18. The normalized spacial score (nSPS) is 12.4. The number of halogens is 2. The molecule has 92 valence electrons. The van der Waals surface area contributed by atoms with Crippen LogP contribution < -0.4 is 11.3 Å². The Morgan fingerprint density at radius 2 is 1.94 bits per heavy atom. The van der Waals surface area contributed by atoms with Gasteiger partial charge in [-0.15, -0.1) is 5.10 Å². The number of hydrazine groups is 1. The summed E-state index contributed by atoms with van der Waals surface area (Å²) in [6, 6.07) is 5.22. The molecule has 5 nitrogen and oxygen atoms in total. The van der Waals surface area contributed by atoms with Crippen molar-refractivity contribution in [3.8, 4) is 0 Å². The van der Waals surface area contributed by atoms with E-state index in [1.165, 1.54) is 6.21 Å². The number of rotatable bonds is 2. The summed E-state index contributed by atoms with van der Waals surface area (Å²) in [7, 11) is 3.59. The van der Waals surface area contributed by atoms with Crippen molar-refractivity contribution in [1.29, 1.82) is 0 Å².